The summed E-state index contributed by atoms with van der Waals surface area (Å²) in [5, 5.41) is 0.564. The zero-order chi connectivity index (χ0) is 12.6. The maximum Gasteiger partial charge on any atom is 0.0931 e. The van der Waals surface area contributed by atoms with E-state index in [1.807, 2.05) is 18.2 Å². The molecule has 0 nitrogen and oxygen atoms in total. The fraction of sp³-hybridized carbons (Fsp3) is 0.231. The lowest BCUT2D eigenvalue weighted by atomic mass is 10.1. The molecule has 0 saturated carbocycles. The lowest BCUT2D eigenvalue weighted by molar-refractivity contribution is 1.15. The summed E-state index contributed by atoms with van der Waals surface area (Å²) in [7, 11) is 0. The Bertz CT molecular complexity index is 528. The van der Waals surface area contributed by atoms with Gasteiger partial charge in [0.1, 0.15) is 0 Å². The summed E-state index contributed by atoms with van der Waals surface area (Å²) < 4.78 is 0.955. The van der Waals surface area contributed by atoms with Gasteiger partial charge in [0, 0.05) is 19.2 Å². The Kier molecular flexibility index (Phi) is 4.19. The Hall–Kier alpha value is -0.0200. The van der Waals surface area contributed by atoms with Crippen LogP contribution in [0, 0.1) is 13.8 Å². The van der Waals surface area contributed by atoms with Crippen molar-refractivity contribution in [2.24, 2.45) is 0 Å². The topological polar surface area (TPSA) is 0 Å². The highest BCUT2D eigenvalue weighted by Gasteiger charge is 2.16. The average Bonchev–Trinajstić information content (AvgIpc) is 2.55. The van der Waals surface area contributed by atoms with Gasteiger partial charge in [-0.1, -0.05) is 27.5 Å². The fourth-order valence-corrected chi connectivity index (χ4v) is 4.14. The number of aryl methyl sites for hydroxylation is 2. The molecule has 1 unspecified atom stereocenters. The third-order valence-electron chi connectivity index (χ3n) is 2.49. The molecule has 0 saturated heterocycles. The molecule has 0 fully saturated rings. The van der Waals surface area contributed by atoms with Gasteiger partial charge in [-0.05, 0) is 49.2 Å². The Morgan fingerprint density at radius 1 is 1.18 bits per heavy atom. The van der Waals surface area contributed by atoms with Crippen molar-refractivity contribution in [2.75, 3.05) is 0 Å². The molecule has 2 rings (SSSR count). The van der Waals surface area contributed by atoms with E-state index in [9.17, 15) is 0 Å². The first kappa shape index (κ1) is 13.4. The van der Waals surface area contributed by atoms with Crippen molar-refractivity contribution in [1.29, 1.82) is 0 Å². The second-order valence-corrected chi connectivity index (χ2v) is 7.05. The predicted molar refractivity (Wildman–Crippen MR) is 80.6 cm³/mol. The maximum absolute atomic E-state index is 6.53. The van der Waals surface area contributed by atoms with E-state index in [0.717, 1.165) is 10.0 Å². The van der Waals surface area contributed by atoms with Crippen LogP contribution in [0.15, 0.2) is 28.7 Å². The van der Waals surface area contributed by atoms with Crippen LogP contribution >= 0.6 is 50.5 Å². The molecular formula is C13H11BrCl2S. The van der Waals surface area contributed by atoms with Crippen LogP contribution in [0.5, 0.6) is 0 Å². The van der Waals surface area contributed by atoms with Gasteiger partial charge in [-0.15, -0.1) is 22.9 Å². The predicted octanol–water partition coefficient (Wildman–Crippen LogP) is 6.11. The molecule has 0 N–H and O–H groups in total. The quantitative estimate of drug-likeness (QED) is 0.574. The summed E-state index contributed by atoms with van der Waals surface area (Å²) in [4.78, 5) is 2.47. The second-order valence-electron chi connectivity index (χ2n) is 3.97. The molecule has 0 aliphatic rings. The third kappa shape index (κ3) is 3.05. The van der Waals surface area contributed by atoms with E-state index in [1.165, 1.54) is 15.3 Å². The summed E-state index contributed by atoms with van der Waals surface area (Å²) >= 11 is 17.7. The highest BCUT2D eigenvalue weighted by molar-refractivity contribution is 9.10. The first-order valence-corrected chi connectivity index (χ1v) is 7.57. The van der Waals surface area contributed by atoms with E-state index in [1.54, 1.807) is 11.3 Å². The van der Waals surface area contributed by atoms with Crippen LogP contribution in [-0.2, 0) is 0 Å². The molecule has 1 heterocycles. The molecule has 4 heteroatoms. The van der Waals surface area contributed by atoms with Crippen LogP contribution in [-0.4, -0.2) is 0 Å². The standard InChI is InChI=1S/C13H11BrCl2S/c1-7-3-8(2)17-13(7)12(16)9-4-10(14)6-11(15)5-9/h3-6,12H,1-2H3. The first-order valence-electron chi connectivity index (χ1n) is 5.14. The SMILES string of the molecule is Cc1cc(C)c(C(Cl)c2cc(Cl)cc(Br)c2)s1. The molecule has 0 aliphatic heterocycles. The van der Waals surface area contributed by atoms with E-state index in [4.69, 9.17) is 23.2 Å². The number of halogens is 3. The van der Waals surface area contributed by atoms with Gasteiger partial charge in [-0.2, -0.15) is 0 Å². The summed E-state index contributed by atoms with van der Waals surface area (Å²) in [6, 6.07) is 7.95. The van der Waals surface area contributed by atoms with Crippen LogP contribution in [0.2, 0.25) is 5.02 Å². The third-order valence-corrected chi connectivity index (χ3v) is 4.98. The van der Waals surface area contributed by atoms with Crippen molar-refractivity contribution in [1.82, 2.24) is 0 Å². The van der Waals surface area contributed by atoms with Crippen molar-refractivity contribution < 1.29 is 0 Å². The van der Waals surface area contributed by atoms with Crippen molar-refractivity contribution in [3.05, 3.63) is 54.6 Å². The summed E-state index contributed by atoms with van der Waals surface area (Å²) in [5.41, 5.74) is 2.26. The van der Waals surface area contributed by atoms with Crippen LogP contribution in [0.3, 0.4) is 0 Å². The Morgan fingerprint density at radius 3 is 2.41 bits per heavy atom. The maximum atomic E-state index is 6.53. The second kappa shape index (κ2) is 5.31. The number of thiophene rings is 1. The average molecular weight is 350 g/mol. The van der Waals surface area contributed by atoms with E-state index >= 15 is 0 Å². The van der Waals surface area contributed by atoms with Crippen LogP contribution in [0.1, 0.15) is 26.3 Å². The molecule has 0 spiro atoms. The Morgan fingerprint density at radius 2 is 1.88 bits per heavy atom. The summed E-state index contributed by atoms with van der Waals surface area (Å²) in [6.45, 7) is 4.19. The molecular weight excluding hydrogens is 339 g/mol. The number of rotatable bonds is 2. The molecule has 0 aliphatic carbocycles. The molecule has 0 radical (unpaired) electrons. The van der Waals surface area contributed by atoms with Gasteiger partial charge in [0.05, 0.1) is 5.38 Å². The fourth-order valence-electron chi connectivity index (χ4n) is 1.78. The van der Waals surface area contributed by atoms with E-state index in [0.29, 0.717) is 5.02 Å². The lowest BCUT2D eigenvalue weighted by Crippen LogP contribution is -1.92. The van der Waals surface area contributed by atoms with Gasteiger partial charge >= 0.3 is 0 Å². The number of benzene rings is 1. The highest BCUT2D eigenvalue weighted by atomic mass is 79.9. The summed E-state index contributed by atoms with van der Waals surface area (Å²) in [5.74, 6) is 0. The molecule has 1 aromatic carbocycles. The van der Waals surface area contributed by atoms with Gasteiger partial charge < -0.3 is 0 Å². The molecule has 0 amide bonds. The minimum Gasteiger partial charge on any atom is -0.143 e. The smallest absolute Gasteiger partial charge is 0.0931 e. The van der Waals surface area contributed by atoms with E-state index in [2.05, 4.69) is 35.8 Å². The van der Waals surface area contributed by atoms with Crippen molar-refractivity contribution in [3.63, 3.8) is 0 Å². The molecule has 1 aromatic heterocycles. The lowest BCUT2D eigenvalue weighted by Gasteiger charge is -2.10. The molecule has 90 valence electrons. The number of hydrogen-bond acceptors (Lipinski definition) is 1. The van der Waals surface area contributed by atoms with Crippen molar-refractivity contribution >= 4 is 50.5 Å². The van der Waals surface area contributed by atoms with Gasteiger partial charge in [0.2, 0.25) is 0 Å². The zero-order valence-electron chi connectivity index (χ0n) is 9.43. The number of alkyl halides is 1. The molecule has 0 bridgehead atoms. The van der Waals surface area contributed by atoms with E-state index < -0.39 is 0 Å². The van der Waals surface area contributed by atoms with Crippen molar-refractivity contribution in [2.45, 2.75) is 19.2 Å². The molecule has 1 atom stereocenters. The largest absolute Gasteiger partial charge is 0.143 e. The van der Waals surface area contributed by atoms with Crippen LogP contribution < -0.4 is 0 Å². The normalized spacial score (nSPS) is 12.8. The van der Waals surface area contributed by atoms with Crippen LogP contribution in [0.4, 0.5) is 0 Å². The highest BCUT2D eigenvalue weighted by Crippen LogP contribution is 2.38. The van der Waals surface area contributed by atoms with E-state index in [-0.39, 0.29) is 5.38 Å². The van der Waals surface area contributed by atoms with Crippen molar-refractivity contribution in [3.8, 4) is 0 Å². The van der Waals surface area contributed by atoms with Gasteiger partial charge in [-0.25, -0.2) is 0 Å². The van der Waals surface area contributed by atoms with Gasteiger partial charge in [0.15, 0.2) is 0 Å². The van der Waals surface area contributed by atoms with Crippen LogP contribution in [0.25, 0.3) is 0 Å². The first-order chi connectivity index (χ1) is 7.97. The molecule has 2 aromatic rings. The van der Waals surface area contributed by atoms with Gasteiger partial charge in [0.25, 0.3) is 0 Å². The Labute approximate surface area is 124 Å². The van der Waals surface area contributed by atoms with Gasteiger partial charge in [-0.3, -0.25) is 0 Å². The Balaban J connectivity index is 2.43. The summed E-state index contributed by atoms with van der Waals surface area (Å²) in [6.07, 6.45) is 0. The molecule has 17 heavy (non-hydrogen) atoms. The minimum absolute atomic E-state index is 0.135. The zero-order valence-corrected chi connectivity index (χ0v) is 13.3. The monoisotopic (exact) mass is 348 g/mol. The number of hydrogen-bond donors (Lipinski definition) is 0. The minimum atomic E-state index is -0.135.